The molecule has 2 spiro atoms. The van der Waals surface area contributed by atoms with Gasteiger partial charge >= 0.3 is 5.91 Å². The second-order valence-corrected chi connectivity index (χ2v) is 13.4. The van der Waals surface area contributed by atoms with Crippen LogP contribution in [-0.4, -0.2) is 87.0 Å². The van der Waals surface area contributed by atoms with Crippen LogP contribution in [0, 0.1) is 5.92 Å². The number of rotatable bonds is 4. The standard InChI is InChI=1S/C33H35N5O5/c1-31(35-28(39)21-15-23-22-10-6-11-24-27(22)20(17-34-24)16-25(23)36(2)18-21)30(41)38-26(14-19-8-4-3-5-9-19)29(40)37-13-7-12-32(37)33(38,42-31)43-32/h3-6,8-11,17,21,23,25-26,34H,7,12-16,18H2,1-2H3,(H,35,39)/t21-,23-,25+,26+,31?,32-,33-/m1/s1. The highest BCUT2D eigenvalue weighted by Crippen LogP contribution is 2.66. The van der Waals surface area contributed by atoms with Gasteiger partial charge in [0.05, 0.1) is 5.92 Å². The summed E-state index contributed by atoms with van der Waals surface area (Å²) in [6, 6.07) is 15.6. The maximum Gasteiger partial charge on any atom is 0.310 e. The molecule has 222 valence electrons. The van der Waals surface area contributed by atoms with Crippen LogP contribution in [0.25, 0.3) is 10.9 Å². The van der Waals surface area contributed by atoms with E-state index < -0.39 is 29.3 Å². The number of likely N-dealkylation sites (N-methyl/N-ethyl adjacent to an activating group) is 1. The van der Waals surface area contributed by atoms with Crippen molar-refractivity contribution in [1.29, 1.82) is 0 Å². The van der Waals surface area contributed by atoms with Crippen LogP contribution in [0.2, 0.25) is 0 Å². The molecule has 0 radical (unpaired) electrons. The molecular formula is C33H35N5O5. The molecule has 5 aliphatic heterocycles. The van der Waals surface area contributed by atoms with Gasteiger partial charge in [-0.1, -0.05) is 42.5 Å². The summed E-state index contributed by atoms with van der Waals surface area (Å²) in [7, 11) is 2.09. The average Bonchev–Trinajstić information content (AvgIpc) is 3.28. The number of benzene rings is 2. The van der Waals surface area contributed by atoms with Gasteiger partial charge in [-0.3, -0.25) is 28.8 Å². The van der Waals surface area contributed by atoms with Crippen molar-refractivity contribution in [2.75, 3.05) is 20.1 Å². The molecule has 7 atom stereocenters. The first-order valence-corrected chi connectivity index (χ1v) is 15.5. The molecule has 3 aromatic rings. The maximum absolute atomic E-state index is 14.3. The number of aromatic nitrogens is 1. The number of nitrogens with one attached hydrogen (secondary N) is 2. The first-order valence-electron chi connectivity index (χ1n) is 15.5. The van der Waals surface area contributed by atoms with Crippen molar-refractivity contribution in [3.05, 3.63) is 71.4 Å². The van der Waals surface area contributed by atoms with Crippen LogP contribution in [0.4, 0.5) is 0 Å². The Morgan fingerprint density at radius 3 is 2.79 bits per heavy atom. The number of piperidine rings is 1. The quantitative estimate of drug-likeness (QED) is 0.458. The van der Waals surface area contributed by atoms with E-state index in [-0.39, 0.29) is 23.7 Å². The Labute approximate surface area is 249 Å². The number of aromatic amines is 1. The summed E-state index contributed by atoms with van der Waals surface area (Å²) in [5.41, 5.74) is 2.05. The zero-order chi connectivity index (χ0) is 29.3. The molecule has 3 amide bonds. The number of carbonyl (C=O) groups excluding carboxylic acids is 3. The van der Waals surface area contributed by atoms with Crippen LogP contribution >= 0.6 is 0 Å². The van der Waals surface area contributed by atoms with Gasteiger partial charge < -0.3 is 20.1 Å². The Hall–Kier alpha value is -3.73. The molecule has 0 saturated carbocycles. The van der Waals surface area contributed by atoms with Crippen molar-refractivity contribution in [3.8, 4) is 0 Å². The van der Waals surface area contributed by atoms with E-state index in [9.17, 15) is 14.4 Å². The number of ether oxygens (including phenoxy) is 2. The number of fused-ring (bicyclic) bond motifs is 2. The predicted octanol–water partition coefficient (Wildman–Crippen LogP) is 2.45. The van der Waals surface area contributed by atoms with Crippen LogP contribution in [-0.2, 0) is 36.7 Å². The number of piperazine rings is 1. The highest BCUT2D eigenvalue weighted by Gasteiger charge is 2.90. The van der Waals surface area contributed by atoms with Crippen molar-refractivity contribution in [3.63, 3.8) is 0 Å². The lowest BCUT2D eigenvalue weighted by Crippen LogP contribution is -2.65. The fourth-order valence-electron chi connectivity index (χ4n) is 8.99. The first kappa shape index (κ1) is 25.7. The number of hydrogen-bond acceptors (Lipinski definition) is 6. The Balaban J connectivity index is 1.01. The Bertz CT molecular complexity index is 1710. The molecule has 1 aliphatic carbocycles. The lowest BCUT2D eigenvalue weighted by atomic mass is 9.72. The van der Waals surface area contributed by atoms with E-state index in [1.165, 1.54) is 21.4 Å². The largest absolute Gasteiger partial charge is 0.361 e. The van der Waals surface area contributed by atoms with Crippen LogP contribution in [0.3, 0.4) is 0 Å². The smallest absolute Gasteiger partial charge is 0.310 e. The Kier molecular flexibility index (Phi) is 5.06. The van der Waals surface area contributed by atoms with Crippen LogP contribution in [0.5, 0.6) is 0 Å². The van der Waals surface area contributed by atoms with Crippen molar-refractivity contribution in [2.24, 2.45) is 5.92 Å². The van der Waals surface area contributed by atoms with Crippen molar-refractivity contribution >= 4 is 28.6 Å². The SMILES string of the molecule is CN1C[C@H](C(=O)NC2(C)O[C@@]34O[C@]35CCCN5C(=O)[C@H](Cc3ccccc3)N4C2=O)C[C@@H]2c3cccc4[nH]cc(c34)C[C@@H]21. The zero-order valence-electron chi connectivity index (χ0n) is 24.3. The third-order valence-corrected chi connectivity index (χ3v) is 11.0. The minimum Gasteiger partial charge on any atom is -0.361 e. The van der Waals surface area contributed by atoms with E-state index in [4.69, 9.17) is 9.47 Å². The van der Waals surface area contributed by atoms with Crippen molar-refractivity contribution < 1.29 is 23.9 Å². The number of hydrogen-bond donors (Lipinski definition) is 2. The highest BCUT2D eigenvalue weighted by molar-refractivity contribution is 5.98. The first-order chi connectivity index (χ1) is 20.7. The lowest BCUT2D eigenvalue weighted by molar-refractivity contribution is -0.177. The molecule has 5 fully saturated rings. The highest BCUT2D eigenvalue weighted by atomic mass is 16.9. The molecule has 6 aliphatic rings. The molecule has 10 heteroatoms. The van der Waals surface area contributed by atoms with Gasteiger partial charge in [0.2, 0.25) is 23.3 Å². The Morgan fingerprint density at radius 1 is 1.12 bits per heavy atom. The fraction of sp³-hybridized carbons (Fsp3) is 0.485. The average molecular weight is 582 g/mol. The second-order valence-electron chi connectivity index (χ2n) is 13.4. The summed E-state index contributed by atoms with van der Waals surface area (Å²) in [5.74, 6) is -2.28. The molecule has 10 nitrogen and oxygen atoms in total. The van der Waals surface area contributed by atoms with E-state index in [2.05, 4.69) is 46.6 Å². The van der Waals surface area contributed by atoms with Gasteiger partial charge in [-0.25, -0.2) is 0 Å². The number of H-pyrrole nitrogens is 1. The monoisotopic (exact) mass is 581 g/mol. The minimum absolute atomic E-state index is 0.127. The fourth-order valence-corrected chi connectivity index (χ4v) is 8.99. The third-order valence-electron chi connectivity index (χ3n) is 11.0. The van der Waals surface area contributed by atoms with Gasteiger partial charge in [0, 0.05) is 55.0 Å². The molecule has 2 aromatic carbocycles. The number of carbonyl (C=O) groups is 3. The van der Waals surface area contributed by atoms with Crippen LogP contribution < -0.4 is 5.32 Å². The van der Waals surface area contributed by atoms with Gasteiger partial charge in [0.15, 0.2) is 0 Å². The minimum atomic E-state index is -1.65. The molecule has 9 rings (SSSR count). The van der Waals surface area contributed by atoms with E-state index in [0.29, 0.717) is 38.4 Å². The van der Waals surface area contributed by atoms with Gasteiger partial charge in [0.25, 0.3) is 5.91 Å². The number of nitrogens with zero attached hydrogens (tertiary/aromatic N) is 3. The topological polar surface area (TPSA) is 111 Å². The van der Waals surface area contributed by atoms with Crippen molar-refractivity contribution in [1.82, 2.24) is 25.0 Å². The summed E-state index contributed by atoms with van der Waals surface area (Å²) in [4.78, 5) is 51.1. The van der Waals surface area contributed by atoms with Crippen molar-refractivity contribution in [2.45, 2.75) is 74.4 Å². The van der Waals surface area contributed by atoms with Gasteiger partial charge in [0.1, 0.15) is 6.04 Å². The second kappa shape index (κ2) is 8.46. The van der Waals surface area contributed by atoms with Gasteiger partial charge in [-0.2, -0.15) is 0 Å². The van der Waals surface area contributed by atoms with Crippen LogP contribution in [0.1, 0.15) is 48.8 Å². The van der Waals surface area contributed by atoms with Gasteiger partial charge in [-0.15, -0.1) is 0 Å². The maximum atomic E-state index is 14.3. The lowest BCUT2D eigenvalue weighted by Gasteiger charge is -2.45. The molecule has 43 heavy (non-hydrogen) atoms. The molecule has 6 heterocycles. The molecular weight excluding hydrogens is 546 g/mol. The number of epoxide rings is 1. The summed E-state index contributed by atoms with van der Waals surface area (Å²) in [6.45, 7) is 2.76. The molecule has 1 unspecified atom stereocenters. The van der Waals surface area contributed by atoms with E-state index in [1.807, 2.05) is 30.3 Å². The number of likely N-dealkylation sites (tertiary alicyclic amines) is 1. The summed E-state index contributed by atoms with van der Waals surface area (Å²) >= 11 is 0. The summed E-state index contributed by atoms with van der Waals surface area (Å²) < 4.78 is 12.8. The Morgan fingerprint density at radius 2 is 1.95 bits per heavy atom. The zero-order valence-corrected chi connectivity index (χ0v) is 24.3. The number of amides is 3. The molecule has 2 N–H and O–H groups in total. The van der Waals surface area contributed by atoms with Gasteiger partial charge in [-0.05, 0) is 56.0 Å². The molecule has 0 bridgehead atoms. The molecule has 1 aromatic heterocycles. The normalized spacial score (nSPS) is 37.6. The summed E-state index contributed by atoms with van der Waals surface area (Å²) in [5, 5.41) is 4.30. The third kappa shape index (κ3) is 3.26. The predicted molar refractivity (Wildman–Crippen MR) is 155 cm³/mol. The van der Waals surface area contributed by atoms with E-state index in [0.717, 1.165) is 23.9 Å². The van der Waals surface area contributed by atoms with Crippen LogP contribution in [0.15, 0.2) is 54.7 Å². The molecule has 5 saturated heterocycles. The van der Waals surface area contributed by atoms with E-state index in [1.54, 1.807) is 11.8 Å². The van der Waals surface area contributed by atoms with E-state index >= 15 is 0 Å². The summed E-state index contributed by atoms with van der Waals surface area (Å²) in [6.07, 6.45) is 5.45.